The molecule has 7 nitrogen and oxygen atoms in total. The Kier molecular flexibility index (Phi) is 5.89. The van der Waals surface area contributed by atoms with E-state index in [9.17, 15) is 13.2 Å². The Labute approximate surface area is 189 Å². The summed E-state index contributed by atoms with van der Waals surface area (Å²) in [6, 6.07) is 9.31. The Morgan fingerprint density at radius 3 is 2.62 bits per heavy atom. The Bertz CT molecular complexity index is 1300. The number of hydrogen-bond acceptors (Lipinski definition) is 6. The van der Waals surface area contributed by atoms with Crippen LogP contribution in [-0.4, -0.2) is 38.2 Å². The van der Waals surface area contributed by atoms with E-state index in [1.54, 1.807) is 30.3 Å². The maximum Gasteiger partial charge on any atom is 0.245 e. The van der Waals surface area contributed by atoms with Crippen LogP contribution in [0.25, 0.3) is 11.1 Å². The molecule has 3 aromatic rings. The van der Waals surface area contributed by atoms with E-state index in [-0.39, 0.29) is 22.7 Å². The summed E-state index contributed by atoms with van der Waals surface area (Å²) in [5.74, 6) is -1.56. The molecule has 10 heteroatoms. The van der Waals surface area contributed by atoms with Crippen LogP contribution in [0.1, 0.15) is 5.56 Å². The van der Waals surface area contributed by atoms with E-state index in [2.05, 4.69) is 4.98 Å². The van der Waals surface area contributed by atoms with Gasteiger partial charge in [-0.15, -0.1) is 0 Å². The maximum absolute atomic E-state index is 15.1. The lowest BCUT2D eigenvalue weighted by Crippen LogP contribution is -2.45. The normalized spacial score (nSPS) is 17.6. The van der Waals surface area contributed by atoms with Crippen LogP contribution in [-0.2, 0) is 21.2 Å². The smallest absolute Gasteiger partial charge is 0.245 e. The molecular formula is C22H19ClFN3O4S. The Hall–Kier alpha value is -3.01. The molecule has 2 heterocycles. The van der Waals surface area contributed by atoms with Gasteiger partial charge in [0.05, 0.1) is 42.2 Å². The minimum absolute atomic E-state index is 0.0354. The number of sulfone groups is 1. The van der Waals surface area contributed by atoms with E-state index in [4.69, 9.17) is 22.1 Å². The fraction of sp³-hybridized carbons (Fsp3) is 0.182. The number of halogens is 2. The van der Waals surface area contributed by atoms with Gasteiger partial charge in [-0.25, -0.2) is 12.8 Å². The molecule has 0 fully saturated rings. The third-order valence-electron chi connectivity index (χ3n) is 5.17. The van der Waals surface area contributed by atoms with E-state index in [0.29, 0.717) is 21.9 Å². The van der Waals surface area contributed by atoms with Crippen LogP contribution in [0.3, 0.4) is 0 Å². The van der Waals surface area contributed by atoms with Crippen LogP contribution in [0.4, 0.5) is 10.1 Å². The largest absolute Gasteiger partial charge is 0.495 e. The number of fused-ring (bicyclic) bond motifs is 1. The molecule has 1 aliphatic heterocycles. The predicted molar refractivity (Wildman–Crippen MR) is 119 cm³/mol. The molecule has 166 valence electrons. The zero-order chi connectivity index (χ0) is 23.0. The minimum Gasteiger partial charge on any atom is -0.495 e. The summed E-state index contributed by atoms with van der Waals surface area (Å²) in [5, 5.41) is 0.519. The number of nitrogens with zero attached hydrogens (tertiary/aromatic N) is 2. The van der Waals surface area contributed by atoms with E-state index in [1.165, 1.54) is 30.5 Å². The first kappa shape index (κ1) is 22.2. The zero-order valence-corrected chi connectivity index (χ0v) is 18.5. The highest BCUT2D eigenvalue weighted by molar-refractivity contribution is 7.91. The lowest BCUT2D eigenvalue weighted by atomic mass is 10.0. The Balaban J connectivity index is 1.91. The van der Waals surface area contributed by atoms with Crippen molar-refractivity contribution in [3.05, 3.63) is 71.3 Å². The average Bonchev–Trinajstić information content (AvgIpc) is 2.83. The van der Waals surface area contributed by atoms with Crippen LogP contribution >= 0.6 is 11.6 Å². The number of ether oxygens (including phenoxy) is 1. The number of nitrogens with two attached hydrogens (primary N) is 1. The number of methoxy groups -OCH3 is 1. The lowest BCUT2D eigenvalue weighted by molar-refractivity contribution is -0.119. The summed E-state index contributed by atoms with van der Waals surface area (Å²) in [6.45, 7) is 0.0354. The minimum atomic E-state index is -4.02. The summed E-state index contributed by atoms with van der Waals surface area (Å²) in [5.41, 5.74) is 7.12. The highest BCUT2D eigenvalue weighted by Gasteiger charge is 2.37. The van der Waals surface area contributed by atoms with Crippen molar-refractivity contribution >= 4 is 33.0 Å². The zero-order valence-electron chi connectivity index (χ0n) is 17.0. The van der Waals surface area contributed by atoms with E-state index in [0.717, 1.165) is 6.07 Å². The molecule has 0 saturated heterocycles. The molecular weight excluding hydrogens is 457 g/mol. The van der Waals surface area contributed by atoms with Gasteiger partial charge in [-0.2, -0.15) is 0 Å². The predicted octanol–water partition coefficient (Wildman–Crippen LogP) is 3.20. The standard InChI is InChI=1S/C22H19ClFN3O4S/c1-31-16-6-14(9-26-10-16)17-7-20-21(8-18(17)24)32(29,30)12-19(25)22(28)27(20)11-13-2-4-15(23)5-3-13/h2-10,19H,11-12,25H2,1H3/t19-/m0/s1. The summed E-state index contributed by atoms with van der Waals surface area (Å²) < 4.78 is 46.1. The number of hydrogen-bond donors (Lipinski definition) is 1. The Morgan fingerprint density at radius 1 is 1.22 bits per heavy atom. The fourth-order valence-electron chi connectivity index (χ4n) is 3.55. The highest BCUT2D eigenvalue weighted by Crippen LogP contribution is 2.37. The molecule has 0 spiro atoms. The van der Waals surface area contributed by atoms with E-state index in [1.807, 2.05) is 0 Å². The second kappa shape index (κ2) is 8.50. The molecule has 1 amide bonds. The van der Waals surface area contributed by atoms with Gasteiger partial charge in [0, 0.05) is 22.3 Å². The summed E-state index contributed by atoms with van der Waals surface area (Å²) in [6.07, 6.45) is 2.89. The van der Waals surface area contributed by atoms with Crippen molar-refractivity contribution in [2.75, 3.05) is 17.8 Å². The monoisotopic (exact) mass is 475 g/mol. The molecule has 1 aromatic heterocycles. The number of benzene rings is 2. The SMILES string of the molecule is COc1cncc(-c2cc3c(cc2F)S(=O)(=O)C[C@H](N)C(=O)N3Cc2ccc(Cl)cc2)c1. The van der Waals surface area contributed by atoms with Crippen molar-refractivity contribution in [3.8, 4) is 16.9 Å². The molecule has 1 aliphatic rings. The molecule has 2 N–H and O–H groups in total. The summed E-state index contributed by atoms with van der Waals surface area (Å²) in [7, 11) is -2.56. The van der Waals surface area contributed by atoms with Gasteiger partial charge in [0.15, 0.2) is 9.84 Å². The molecule has 0 bridgehead atoms. The number of pyridine rings is 1. The van der Waals surface area contributed by atoms with Gasteiger partial charge in [-0.3, -0.25) is 9.78 Å². The van der Waals surface area contributed by atoms with Crippen molar-refractivity contribution in [2.24, 2.45) is 5.73 Å². The number of carbonyl (C=O) groups is 1. The number of amides is 1. The first-order chi connectivity index (χ1) is 15.2. The molecule has 2 aromatic carbocycles. The van der Waals surface area contributed by atoms with Crippen LogP contribution < -0.4 is 15.4 Å². The number of carbonyl (C=O) groups excluding carboxylic acids is 1. The fourth-order valence-corrected chi connectivity index (χ4v) is 5.25. The second-order valence-electron chi connectivity index (χ2n) is 7.35. The number of anilines is 1. The van der Waals surface area contributed by atoms with Gasteiger partial charge in [0.2, 0.25) is 5.91 Å². The molecule has 0 unspecified atom stereocenters. The number of rotatable bonds is 4. The van der Waals surface area contributed by atoms with Gasteiger partial charge in [-0.05, 0) is 35.9 Å². The third-order valence-corrected chi connectivity index (χ3v) is 7.22. The van der Waals surface area contributed by atoms with E-state index < -0.39 is 33.4 Å². The van der Waals surface area contributed by atoms with Crippen molar-refractivity contribution in [3.63, 3.8) is 0 Å². The average molecular weight is 476 g/mol. The summed E-state index contributed by atoms with van der Waals surface area (Å²) in [4.78, 5) is 18.1. The second-order valence-corrected chi connectivity index (χ2v) is 9.79. The first-order valence-corrected chi connectivity index (χ1v) is 11.6. The van der Waals surface area contributed by atoms with Crippen LogP contribution in [0.2, 0.25) is 5.02 Å². The van der Waals surface area contributed by atoms with Crippen LogP contribution in [0, 0.1) is 5.82 Å². The van der Waals surface area contributed by atoms with E-state index >= 15 is 4.39 Å². The first-order valence-electron chi connectivity index (χ1n) is 9.57. The molecule has 1 atom stereocenters. The van der Waals surface area contributed by atoms with Crippen LogP contribution in [0.15, 0.2) is 59.8 Å². The van der Waals surface area contributed by atoms with Crippen LogP contribution in [0.5, 0.6) is 5.75 Å². The van der Waals surface area contributed by atoms with Gasteiger partial charge < -0.3 is 15.4 Å². The van der Waals surface area contributed by atoms with Gasteiger partial charge in [0.25, 0.3) is 0 Å². The van der Waals surface area contributed by atoms with Gasteiger partial charge >= 0.3 is 0 Å². The van der Waals surface area contributed by atoms with Crippen molar-refractivity contribution < 1.29 is 22.3 Å². The molecule has 0 saturated carbocycles. The molecule has 0 aliphatic carbocycles. The molecule has 0 radical (unpaired) electrons. The van der Waals surface area contributed by atoms with Crippen molar-refractivity contribution in [2.45, 2.75) is 17.5 Å². The highest BCUT2D eigenvalue weighted by atomic mass is 35.5. The molecule has 4 rings (SSSR count). The number of aromatic nitrogens is 1. The quantitative estimate of drug-likeness (QED) is 0.621. The third kappa shape index (κ3) is 4.19. The van der Waals surface area contributed by atoms with Crippen molar-refractivity contribution in [1.29, 1.82) is 0 Å². The van der Waals surface area contributed by atoms with Crippen molar-refractivity contribution in [1.82, 2.24) is 4.98 Å². The van der Waals surface area contributed by atoms with Gasteiger partial charge in [0.1, 0.15) is 11.6 Å². The molecule has 32 heavy (non-hydrogen) atoms. The lowest BCUT2D eigenvalue weighted by Gasteiger charge is -2.25. The van der Waals surface area contributed by atoms with Gasteiger partial charge in [-0.1, -0.05) is 23.7 Å². The maximum atomic E-state index is 15.1. The Morgan fingerprint density at radius 2 is 1.94 bits per heavy atom. The summed E-state index contributed by atoms with van der Waals surface area (Å²) >= 11 is 5.94. The topological polar surface area (TPSA) is 103 Å².